The van der Waals surface area contributed by atoms with Gasteiger partial charge in [0.05, 0.1) is 12.7 Å². The minimum atomic E-state index is -4.59. The van der Waals surface area contributed by atoms with Crippen molar-refractivity contribution >= 4 is 17.5 Å². The van der Waals surface area contributed by atoms with Crippen LogP contribution < -0.4 is 20.5 Å². The van der Waals surface area contributed by atoms with E-state index in [1.807, 2.05) is 0 Å². The molecule has 0 bridgehead atoms. The maximum absolute atomic E-state index is 13.2. The molecule has 154 valence electrons. The SMILES string of the molecule is COc1cc([C@H]2Nc3ccccc3C(=O)N2CC(F)(F)F)ccc1OCC(N)=O. The second-order valence-electron chi connectivity index (χ2n) is 6.31. The largest absolute Gasteiger partial charge is 0.493 e. The number of anilines is 1. The van der Waals surface area contributed by atoms with Crippen molar-refractivity contribution in [3.63, 3.8) is 0 Å². The van der Waals surface area contributed by atoms with Crippen LogP contribution in [0.25, 0.3) is 0 Å². The maximum Gasteiger partial charge on any atom is 0.406 e. The van der Waals surface area contributed by atoms with Gasteiger partial charge in [0.25, 0.3) is 11.8 Å². The molecule has 2 amide bonds. The Bertz CT molecular complexity index is 933. The lowest BCUT2D eigenvalue weighted by molar-refractivity contribution is -0.144. The van der Waals surface area contributed by atoms with Crippen molar-refractivity contribution in [2.24, 2.45) is 5.73 Å². The summed E-state index contributed by atoms with van der Waals surface area (Å²) < 4.78 is 49.9. The first-order valence-corrected chi connectivity index (χ1v) is 8.52. The number of carbonyl (C=O) groups is 2. The first kappa shape index (κ1) is 20.3. The molecule has 0 aromatic heterocycles. The minimum Gasteiger partial charge on any atom is -0.493 e. The highest BCUT2D eigenvalue weighted by molar-refractivity contribution is 6.01. The van der Waals surface area contributed by atoms with E-state index in [9.17, 15) is 22.8 Å². The number of methoxy groups -OCH3 is 1. The number of ether oxygens (including phenoxy) is 2. The normalized spacial score (nSPS) is 16.1. The quantitative estimate of drug-likeness (QED) is 0.765. The number of primary amides is 1. The highest BCUT2D eigenvalue weighted by Gasteiger charge is 2.40. The monoisotopic (exact) mass is 409 g/mol. The van der Waals surface area contributed by atoms with Crippen molar-refractivity contribution in [2.75, 3.05) is 25.6 Å². The minimum absolute atomic E-state index is 0.154. The van der Waals surface area contributed by atoms with E-state index in [4.69, 9.17) is 15.2 Å². The fourth-order valence-electron chi connectivity index (χ4n) is 3.03. The van der Waals surface area contributed by atoms with Gasteiger partial charge in [0.1, 0.15) is 12.7 Å². The Morgan fingerprint density at radius 1 is 1.21 bits per heavy atom. The molecule has 2 aromatic rings. The van der Waals surface area contributed by atoms with Crippen LogP contribution in [-0.2, 0) is 4.79 Å². The van der Waals surface area contributed by atoms with Gasteiger partial charge in [-0.05, 0) is 29.8 Å². The predicted molar refractivity (Wildman–Crippen MR) is 97.6 cm³/mol. The summed E-state index contributed by atoms with van der Waals surface area (Å²) >= 11 is 0. The van der Waals surface area contributed by atoms with Crippen LogP contribution in [0.2, 0.25) is 0 Å². The molecule has 2 aromatic carbocycles. The van der Waals surface area contributed by atoms with Gasteiger partial charge in [-0.3, -0.25) is 9.59 Å². The molecule has 0 saturated carbocycles. The van der Waals surface area contributed by atoms with Gasteiger partial charge in [0.15, 0.2) is 18.1 Å². The van der Waals surface area contributed by atoms with Crippen LogP contribution in [0.4, 0.5) is 18.9 Å². The molecule has 10 heteroatoms. The van der Waals surface area contributed by atoms with Crippen LogP contribution in [0, 0.1) is 0 Å². The van der Waals surface area contributed by atoms with E-state index in [1.165, 1.54) is 31.4 Å². The molecule has 1 aliphatic rings. The number of para-hydroxylation sites is 1. The number of rotatable bonds is 6. The predicted octanol–water partition coefficient (Wildman–Crippen LogP) is 2.69. The average Bonchev–Trinajstić information content (AvgIpc) is 2.67. The molecule has 0 unspecified atom stereocenters. The average molecular weight is 409 g/mol. The molecule has 0 spiro atoms. The van der Waals surface area contributed by atoms with Gasteiger partial charge in [0, 0.05) is 5.69 Å². The van der Waals surface area contributed by atoms with E-state index in [-0.39, 0.29) is 23.7 Å². The second kappa shape index (κ2) is 7.90. The number of hydrogen-bond acceptors (Lipinski definition) is 5. The van der Waals surface area contributed by atoms with Gasteiger partial charge in [-0.2, -0.15) is 13.2 Å². The van der Waals surface area contributed by atoms with Gasteiger partial charge in [-0.15, -0.1) is 0 Å². The van der Waals surface area contributed by atoms with Crippen molar-refractivity contribution in [1.82, 2.24) is 4.90 Å². The van der Waals surface area contributed by atoms with Crippen LogP contribution in [-0.4, -0.2) is 43.2 Å². The molecule has 3 N–H and O–H groups in total. The Labute approximate surface area is 164 Å². The van der Waals surface area contributed by atoms with Gasteiger partial charge in [-0.25, -0.2) is 0 Å². The zero-order chi connectivity index (χ0) is 21.2. The summed E-state index contributed by atoms with van der Waals surface area (Å²) in [4.78, 5) is 24.4. The molecule has 7 nitrogen and oxygen atoms in total. The Morgan fingerprint density at radius 2 is 1.93 bits per heavy atom. The number of carbonyl (C=O) groups excluding carboxylic acids is 2. The highest BCUT2D eigenvalue weighted by atomic mass is 19.4. The highest BCUT2D eigenvalue weighted by Crippen LogP contribution is 2.38. The van der Waals surface area contributed by atoms with E-state index in [0.29, 0.717) is 16.2 Å². The van der Waals surface area contributed by atoms with E-state index in [2.05, 4.69) is 5.32 Å². The molecular weight excluding hydrogens is 391 g/mol. The lowest BCUT2D eigenvalue weighted by Crippen LogP contribution is -2.47. The lowest BCUT2D eigenvalue weighted by Gasteiger charge is -2.38. The molecule has 3 rings (SSSR count). The van der Waals surface area contributed by atoms with Crippen LogP contribution in [0.1, 0.15) is 22.1 Å². The third kappa shape index (κ3) is 4.53. The van der Waals surface area contributed by atoms with E-state index in [1.54, 1.807) is 18.2 Å². The summed E-state index contributed by atoms with van der Waals surface area (Å²) in [6.45, 7) is -1.82. The maximum atomic E-state index is 13.2. The first-order valence-electron chi connectivity index (χ1n) is 8.52. The van der Waals surface area contributed by atoms with Crippen LogP contribution >= 0.6 is 0 Å². The molecule has 1 heterocycles. The van der Waals surface area contributed by atoms with Crippen molar-refractivity contribution in [3.8, 4) is 11.5 Å². The fraction of sp³-hybridized carbons (Fsp3) is 0.263. The molecule has 0 radical (unpaired) electrons. The van der Waals surface area contributed by atoms with Crippen LogP contribution in [0.15, 0.2) is 42.5 Å². The number of halogens is 3. The first-order chi connectivity index (χ1) is 13.7. The molecule has 0 aliphatic carbocycles. The van der Waals surface area contributed by atoms with Crippen molar-refractivity contribution in [2.45, 2.75) is 12.3 Å². The number of benzene rings is 2. The van der Waals surface area contributed by atoms with Gasteiger partial charge < -0.3 is 25.4 Å². The number of nitrogens with zero attached hydrogens (tertiary/aromatic N) is 1. The second-order valence-corrected chi connectivity index (χ2v) is 6.31. The lowest BCUT2D eigenvalue weighted by atomic mass is 10.0. The third-order valence-electron chi connectivity index (χ3n) is 4.25. The van der Waals surface area contributed by atoms with Crippen molar-refractivity contribution in [1.29, 1.82) is 0 Å². The van der Waals surface area contributed by atoms with Crippen LogP contribution in [0.3, 0.4) is 0 Å². The van der Waals surface area contributed by atoms with Crippen molar-refractivity contribution < 1.29 is 32.2 Å². The number of alkyl halides is 3. The Morgan fingerprint density at radius 3 is 2.59 bits per heavy atom. The standard InChI is InChI=1S/C19H18F3N3O4/c1-28-15-8-11(6-7-14(15)29-9-16(23)26)17-24-13-5-3-2-4-12(13)18(27)25(17)10-19(20,21)22/h2-8,17,24H,9-10H2,1H3,(H2,23,26)/t17-/m0/s1. The summed E-state index contributed by atoms with van der Waals surface area (Å²) in [5.41, 5.74) is 5.98. The summed E-state index contributed by atoms with van der Waals surface area (Å²) in [6, 6.07) is 10.7. The molecule has 29 heavy (non-hydrogen) atoms. The molecular formula is C19H18F3N3O4. The Kier molecular flexibility index (Phi) is 5.53. The summed E-state index contributed by atoms with van der Waals surface area (Å²) in [7, 11) is 1.35. The van der Waals surface area contributed by atoms with Gasteiger partial charge in [-0.1, -0.05) is 18.2 Å². The fourth-order valence-corrected chi connectivity index (χ4v) is 3.03. The van der Waals surface area contributed by atoms with Crippen molar-refractivity contribution in [3.05, 3.63) is 53.6 Å². The smallest absolute Gasteiger partial charge is 0.406 e. The van der Waals surface area contributed by atoms with Gasteiger partial charge >= 0.3 is 6.18 Å². The summed E-state index contributed by atoms with van der Waals surface area (Å²) in [5.74, 6) is -1.05. The molecule has 0 fully saturated rings. The third-order valence-corrected chi connectivity index (χ3v) is 4.25. The zero-order valence-electron chi connectivity index (χ0n) is 15.3. The number of amides is 2. The molecule has 0 saturated heterocycles. The number of nitrogens with two attached hydrogens (primary N) is 1. The Balaban J connectivity index is 2.00. The Hall–Kier alpha value is -3.43. The molecule has 1 aliphatic heterocycles. The molecule has 1 atom stereocenters. The summed E-state index contributed by atoms with van der Waals surface area (Å²) in [5, 5.41) is 2.97. The number of nitrogens with one attached hydrogen (secondary N) is 1. The van der Waals surface area contributed by atoms with E-state index < -0.39 is 30.7 Å². The topological polar surface area (TPSA) is 93.9 Å². The van der Waals surface area contributed by atoms with Crippen LogP contribution in [0.5, 0.6) is 11.5 Å². The summed E-state index contributed by atoms with van der Waals surface area (Å²) in [6.07, 6.45) is -5.67. The van der Waals surface area contributed by atoms with E-state index in [0.717, 1.165) is 0 Å². The van der Waals surface area contributed by atoms with E-state index >= 15 is 0 Å². The number of hydrogen-bond donors (Lipinski definition) is 2. The zero-order valence-corrected chi connectivity index (χ0v) is 15.3. The number of fused-ring (bicyclic) bond motifs is 1. The van der Waals surface area contributed by atoms with Gasteiger partial charge in [0.2, 0.25) is 0 Å².